The molecule has 1 aromatic carbocycles. The molecule has 0 atom stereocenters. The summed E-state index contributed by atoms with van der Waals surface area (Å²) < 4.78 is 1.40. The maximum atomic E-state index is 13.1. The van der Waals surface area contributed by atoms with Gasteiger partial charge in [-0.15, -0.1) is 11.3 Å². The SMILES string of the molecule is CCN1CCc2nc(NC(=O)c3nn(CC(C)C)c(=O)c4ccccc34)sc2C1. The summed E-state index contributed by atoms with van der Waals surface area (Å²) in [5.41, 5.74) is 1.15. The Kier molecular flexibility index (Phi) is 5.47. The van der Waals surface area contributed by atoms with Crippen LogP contribution >= 0.6 is 11.3 Å². The number of aromatic nitrogens is 3. The lowest BCUT2D eigenvalue weighted by Crippen LogP contribution is -2.29. The maximum absolute atomic E-state index is 13.1. The predicted molar refractivity (Wildman–Crippen MR) is 116 cm³/mol. The molecule has 1 aliphatic heterocycles. The molecule has 3 aromatic rings. The summed E-state index contributed by atoms with van der Waals surface area (Å²) in [6.07, 6.45) is 0.899. The number of hydrogen-bond donors (Lipinski definition) is 1. The van der Waals surface area contributed by atoms with Crippen LogP contribution in [0.5, 0.6) is 0 Å². The largest absolute Gasteiger partial charge is 0.298 e. The first-order valence-corrected chi connectivity index (χ1v) is 10.8. The molecule has 0 aliphatic carbocycles. The highest BCUT2D eigenvalue weighted by atomic mass is 32.1. The predicted octanol–water partition coefficient (Wildman–Crippen LogP) is 3.14. The van der Waals surface area contributed by atoms with E-state index in [9.17, 15) is 9.59 Å². The standard InChI is InChI=1S/C21H25N5O2S/c1-4-25-10-9-16-17(12-25)29-21(22-16)23-19(27)18-14-7-5-6-8-15(14)20(28)26(24-18)11-13(2)3/h5-8,13H,4,9-12H2,1-3H3,(H,22,23,27). The molecule has 0 unspecified atom stereocenters. The fourth-order valence-electron chi connectivity index (χ4n) is 3.60. The second-order valence-electron chi connectivity index (χ2n) is 7.74. The zero-order chi connectivity index (χ0) is 20.5. The summed E-state index contributed by atoms with van der Waals surface area (Å²) in [6.45, 7) is 9.52. The van der Waals surface area contributed by atoms with E-state index < -0.39 is 0 Å². The minimum atomic E-state index is -0.336. The lowest BCUT2D eigenvalue weighted by atomic mass is 10.1. The Morgan fingerprint density at radius 1 is 1.28 bits per heavy atom. The number of hydrogen-bond acceptors (Lipinski definition) is 6. The monoisotopic (exact) mass is 411 g/mol. The maximum Gasteiger partial charge on any atom is 0.278 e. The van der Waals surface area contributed by atoms with Crippen molar-refractivity contribution in [3.8, 4) is 0 Å². The van der Waals surface area contributed by atoms with E-state index in [1.807, 2.05) is 19.9 Å². The molecule has 1 aliphatic rings. The van der Waals surface area contributed by atoms with E-state index in [0.717, 1.165) is 31.7 Å². The molecule has 152 valence electrons. The van der Waals surface area contributed by atoms with Gasteiger partial charge in [0, 0.05) is 36.3 Å². The Bertz CT molecular complexity index is 1120. The van der Waals surface area contributed by atoms with Gasteiger partial charge in [0.05, 0.1) is 11.1 Å². The smallest absolute Gasteiger partial charge is 0.278 e. The molecule has 0 saturated carbocycles. The molecule has 1 amide bonds. The second kappa shape index (κ2) is 8.04. The number of amides is 1. The van der Waals surface area contributed by atoms with Crippen LogP contribution < -0.4 is 10.9 Å². The number of thiazole rings is 1. The minimum absolute atomic E-state index is 0.171. The number of nitrogens with zero attached hydrogens (tertiary/aromatic N) is 4. The molecule has 29 heavy (non-hydrogen) atoms. The van der Waals surface area contributed by atoms with Gasteiger partial charge in [-0.2, -0.15) is 5.10 Å². The van der Waals surface area contributed by atoms with E-state index in [0.29, 0.717) is 22.4 Å². The molecule has 3 heterocycles. The fourth-order valence-corrected chi connectivity index (χ4v) is 4.65. The average molecular weight is 412 g/mol. The molecule has 0 fully saturated rings. The first-order valence-electron chi connectivity index (χ1n) is 9.98. The van der Waals surface area contributed by atoms with Crippen molar-refractivity contribution < 1.29 is 4.79 Å². The highest BCUT2D eigenvalue weighted by molar-refractivity contribution is 7.15. The van der Waals surface area contributed by atoms with Crippen LogP contribution in [0.25, 0.3) is 10.8 Å². The van der Waals surface area contributed by atoms with E-state index >= 15 is 0 Å². The van der Waals surface area contributed by atoms with Crippen LogP contribution in [0, 0.1) is 5.92 Å². The normalized spacial score (nSPS) is 14.3. The van der Waals surface area contributed by atoms with Crippen LogP contribution in [0.15, 0.2) is 29.1 Å². The van der Waals surface area contributed by atoms with E-state index in [4.69, 9.17) is 0 Å². The quantitative estimate of drug-likeness (QED) is 0.698. The Labute approximate surface area is 173 Å². The van der Waals surface area contributed by atoms with Gasteiger partial charge in [-0.05, 0) is 18.5 Å². The van der Waals surface area contributed by atoms with Gasteiger partial charge < -0.3 is 0 Å². The van der Waals surface area contributed by atoms with Gasteiger partial charge in [-0.25, -0.2) is 9.67 Å². The van der Waals surface area contributed by atoms with Crippen LogP contribution in [0.2, 0.25) is 0 Å². The fraction of sp³-hybridized carbons (Fsp3) is 0.429. The highest BCUT2D eigenvalue weighted by Crippen LogP contribution is 2.28. The van der Waals surface area contributed by atoms with Crippen molar-refractivity contribution in [3.05, 3.63) is 50.9 Å². The molecular formula is C21H25N5O2S. The summed E-state index contributed by atoms with van der Waals surface area (Å²) in [6, 6.07) is 7.13. The van der Waals surface area contributed by atoms with Gasteiger partial charge in [0.2, 0.25) is 0 Å². The topological polar surface area (TPSA) is 80.1 Å². The van der Waals surface area contributed by atoms with E-state index in [1.165, 1.54) is 20.9 Å². The van der Waals surface area contributed by atoms with Crippen molar-refractivity contribution in [2.75, 3.05) is 18.4 Å². The molecule has 4 rings (SSSR count). The van der Waals surface area contributed by atoms with Gasteiger partial charge in [0.1, 0.15) is 0 Å². The summed E-state index contributed by atoms with van der Waals surface area (Å²) in [4.78, 5) is 34.0. The lowest BCUT2D eigenvalue weighted by molar-refractivity contribution is 0.102. The number of carbonyl (C=O) groups excluding carboxylic acids is 1. The molecule has 0 spiro atoms. The van der Waals surface area contributed by atoms with E-state index in [1.54, 1.807) is 18.2 Å². The summed E-state index contributed by atoms with van der Waals surface area (Å²) in [5, 5.41) is 8.97. The first-order chi connectivity index (χ1) is 14.0. The Morgan fingerprint density at radius 3 is 2.76 bits per heavy atom. The summed E-state index contributed by atoms with van der Waals surface area (Å²) in [5.74, 6) is -0.0957. The van der Waals surface area contributed by atoms with Crippen molar-refractivity contribution in [1.29, 1.82) is 0 Å². The van der Waals surface area contributed by atoms with E-state index in [-0.39, 0.29) is 23.1 Å². The van der Waals surface area contributed by atoms with Crippen LogP contribution in [-0.2, 0) is 19.5 Å². The Morgan fingerprint density at radius 2 is 2.03 bits per heavy atom. The minimum Gasteiger partial charge on any atom is -0.298 e. The van der Waals surface area contributed by atoms with Crippen molar-refractivity contribution >= 4 is 33.1 Å². The zero-order valence-corrected chi connectivity index (χ0v) is 17.8. The number of fused-ring (bicyclic) bond motifs is 2. The third-order valence-electron chi connectivity index (χ3n) is 5.10. The van der Waals surface area contributed by atoms with Gasteiger partial charge in [0.25, 0.3) is 11.5 Å². The van der Waals surface area contributed by atoms with Crippen molar-refractivity contribution in [2.45, 2.75) is 40.3 Å². The number of benzene rings is 1. The van der Waals surface area contributed by atoms with Crippen molar-refractivity contribution in [2.24, 2.45) is 5.92 Å². The second-order valence-corrected chi connectivity index (χ2v) is 8.82. The zero-order valence-electron chi connectivity index (χ0n) is 16.9. The molecule has 1 N–H and O–H groups in total. The van der Waals surface area contributed by atoms with Gasteiger partial charge in [-0.1, -0.05) is 39.0 Å². The van der Waals surface area contributed by atoms with Gasteiger partial charge in [0.15, 0.2) is 10.8 Å². The van der Waals surface area contributed by atoms with Crippen LogP contribution in [0.1, 0.15) is 41.8 Å². The number of nitrogens with one attached hydrogen (secondary N) is 1. The van der Waals surface area contributed by atoms with Crippen LogP contribution in [0.4, 0.5) is 5.13 Å². The van der Waals surface area contributed by atoms with E-state index in [2.05, 4.69) is 27.2 Å². The van der Waals surface area contributed by atoms with Crippen LogP contribution in [-0.4, -0.2) is 38.7 Å². The molecule has 0 saturated heterocycles. The Balaban J connectivity index is 1.68. The molecule has 7 nitrogen and oxygen atoms in total. The highest BCUT2D eigenvalue weighted by Gasteiger charge is 2.22. The average Bonchev–Trinajstić information content (AvgIpc) is 3.11. The number of anilines is 1. The van der Waals surface area contributed by atoms with Crippen LogP contribution in [0.3, 0.4) is 0 Å². The summed E-state index contributed by atoms with van der Waals surface area (Å²) in [7, 11) is 0. The molecule has 0 radical (unpaired) electrons. The Hall–Kier alpha value is -2.58. The molecule has 2 aromatic heterocycles. The molecule has 8 heteroatoms. The lowest BCUT2D eigenvalue weighted by Gasteiger charge is -2.23. The van der Waals surface area contributed by atoms with Crippen molar-refractivity contribution in [3.63, 3.8) is 0 Å². The third-order valence-corrected chi connectivity index (χ3v) is 6.10. The number of carbonyl (C=O) groups is 1. The van der Waals surface area contributed by atoms with Gasteiger partial charge >= 0.3 is 0 Å². The summed E-state index contributed by atoms with van der Waals surface area (Å²) >= 11 is 1.52. The number of likely N-dealkylation sites (N-methyl/N-ethyl adjacent to an activating group) is 1. The molecule has 0 bridgehead atoms. The number of rotatable bonds is 5. The molecular weight excluding hydrogens is 386 g/mol. The van der Waals surface area contributed by atoms with Gasteiger partial charge in [-0.3, -0.25) is 19.8 Å². The third kappa shape index (κ3) is 3.95. The first kappa shape index (κ1) is 19.7. The van der Waals surface area contributed by atoms with Crippen molar-refractivity contribution in [1.82, 2.24) is 19.7 Å².